The van der Waals surface area contributed by atoms with Gasteiger partial charge < -0.3 is 16.0 Å². The Kier molecular flexibility index (Phi) is 6.61. The lowest BCUT2D eigenvalue weighted by molar-refractivity contribution is -0.120. The molecule has 0 spiro atoms. The zero-order chi connectivity index (χ0) is 23.7. The number of primary amides is 1. The summed E-state index contributed by atoms with van der Waals surface area (Å²) in [6, 6.07) is 15.6. The van der Waals surface area contributed by atoms with Crippen LogP contribution in [0, 0.1) is 0 Å². The standard InChI is InChI=1S/C24H18Cl3N3O3/c25-16-6-7-17-20(11-16)29-23(32)21(10-14-3-8-18(26)19(27)9-14)30(24(17)33)12-13-1-4-15(5-2-13)22(28)31/h1-9,11,21H,10,12H2,(H2,28,31)(H,29,32)/t21-/m0/s1. The zero-order valence-corrected chi connectivity index (χ0v) is 19.4. The van der Waals surface area contributed by atoms with E-state index in [1.807, 2.05) is 0 Å². The largest absolute Gasteiger partial charge is 0.366 e. The second kappa shape index (κ2) is 9.43. The smallest absolute Gasteiger partial charge is 0.256 e. The number of halogens is 3. The number of anilines is 1. The van der Waals surface area contributed by atoms with Crippen molar-refractivity contribution in [3.8, 4) is 0 Å². The zero-order valence-electron chi connectivity index (χ0n) is 17.1. The van der Waals surface area contributed by atoms with Gasteiger partial charge in [-0.05, 0) is 53.6 Å². The molecule has 3 aromatic rings. The molecule has 3 N–H and O–H groups in total. The van der Waals surface area contributed by atoms with Crippen LogP contribution in [0.15, 0.2) is 60.7 Å². The van der Waals surface area contributed by atoms with Crippen LogP contribution >= 0.6 is 34.8 Å². The molecule has 33 heavy (non-hydrogen) atoms. The Morgan fingerprint density at radius 1 is 0.909 bits per heavy atom. The summed E-state index contributed by atoms with van der Waals surface area (Å²) < 4.78 is 0. The maximum atomic E-state index is 13.6. The van der Waals surface area contributed by atoms with Gasteiger partial charge in [0, 0.05) is 23.6 Å². The molecule has 9 heteroatoms. The molecule has 0 aromatic heterocycles. The number of hydrogen-bond acceptors (Lipinski definition) is 3. The third-order valence-electron chi connectivity index (χ3n) is 5.41. The summed E-state index contributed by atoms with van der Waals surface area (Å²) >= 11 is 18.3. The lowest BCUT2D eigenvalue weighted by atomic mass is 10.0. The number of hydrogen-bond donors (Lipinski definition) is 2. The topological polar surface area (TPSA) is 92.5 Å². The molecule has 0 unspecified atom stereocenters. The fourth-order valence-electron chi connectivity index (χ4n) is 3.71. The third kappa shape index (κ3) is 4.98. The van der Waals surface area contributed by atoms with Crippen LogP contribution in [0.25, 0.3) is 0 Å². The van der Waals surface area contributed by atoms with Crippen molar-refractivity contribution < 1.29 is 14.4 Å². The van der Waals surface area contributed by atoms with E-state index in [9.17, 15) is 14.4 Å². The van der Waals surface area contributed by atoms with Gasteiger partial charge in [-0.15, -0.1) is 0 Å². The number of carbonyl (C=O) groups is 3. The number of nitrogens with one attached hydrogen (secondary N) is 1. The summed E-state index contributed by atoms with van der Waals surface area (Å²) in [6.45, 7) is 0.138. The van der Waals surface area contributed by atoms with Crippen molar-refractivity contribution in [3.63, 3.8) is 0 Å². The average Bonchev–Trinajstić information content (AvgIpc) is 2.86. The number of rotatable bonds is 5. The third-order valence-corrected chi connectivity index (χ3v) is 6.39. The Morgan fingerprint density at radius 3 is 2.27 bits per heavy atom. The first kappa shape index (κ1) is 23.1. The van der Waals surface area contributed by atoms with Gasteiger partial charge >= 0.3 is 0 Å². The van der Waals surface area contributed by atoms with E-state index in [2.05, 4.69) is 5.32 Å². The minimum atomic E-state index is -0.836. The highest BCUT2D eigenvalue weighted by atomic mass is 35.5. The van der Waals surface area contributed by atoms with Gasteiger partial charge in [0.05, 0.1) is 21.3 Å². The van der Waals surface area contributed by atoms with Crippen LogP contribution in [-0.4, -0.2) is 28.7 Å². The highest BCUT2D eigenvalue weighted by Crippen LogP contribution is 2.30. The SMILES string of the molecule is NC(=O)c1ccc(CN2C(=O)c3ccc(Cl)cc3NC(=O)[C@@H]2Cc2ccc(Cl)c(Cl)c2)cc1. The Hall–Kier alpha value is -3.06. The van der Waals surface area contributed by atoms with Crippen LogP contribution in [-0.2, 0) is 17.8 Å². The molecule has 1 atom stereocenters. The Morgan fingerprint density at radius 2 is 1.61 bits per heavy atom. The number of amides is 3. The molecule has 1 heterocycles. The summed E-state index contributed by atoms with van der Waals surface area (Å²) in [7, 11) is 0. The molecule has 6 nitrogen and oxygen atoms in total. The van der Waals surface area contributed by atoms with Gasteiger partial charge in [-0.25, -0.2) is 0 Å². The first-order valence-electron chi connectivity index (χ1n) is 9.97. The van der Waals surface area contributed by atoms with Crippen LogP contribution in [0.1, 0.15) is 31.8 Å². The quantitative estimate of drug-likeness (QED) is 0.517. The van der Waals surface area contributed by atoms with Crippen molar-refractivity contribution in [1.82, 2.24) is 4.90 Å². The van der Waals surface area contributed by atoms with Gasteiger partial charge in [0.1, 0.15) is 6.04 Å². The number of carbonyl (C=O) groups excluding carboxylic acids is 3. The summed E-state index contributed by atoms with van der Waals surface area (Å²) in [5.41, 5.74) is 7.83. The van der Waals surface area contributed by atoms with E-state index < -0.39 is 11.9 Å². The van der Waals surface area contributed by atoms with Crippen LogP contribution in [0.5, 0.6) is 0 Å². The molecule has 0 radical (unpaired) electrons. The van der Waals surface area contributed by atoms with E-state index in [1.54, 1.807) is 60.7 Å². The molecule has 0 saturated heterocycles. The number of nitrogens with two attached hydrogens (primary N) is 1. The second-order valence-electron chi connectivity index (χ2n) is 7.64. The molecule has 0 aliphatic carbocycles. The van der Waals surface area contributed by atoms with Crippen LogP contribution < -0.4 is 11.1 Å². The molecule has 3 aromatic carbocycles. The van der Waals surface area contributed by atoms with Gasteiger partial charge in [-0.1, -0.05) is 53.0 Å². The normalized spacial score (nSPS) is 15.6. The average molecular weight is 503 g/mol. The fourth-order valence-corrected chi connectivity index (χ4v) is 4.20. The van der Waals surface area contributed by atoms with E-state index in [1.165, 1.54) is 4.90 Å². The summed E-state index contributed by atoms with van der Waals surface area (Å²) in [4.78, 5) is 39.7. The minimum Gasteiger partial charge on any atom is -0.366 e. The maximum absolute atomic E-state index is 13.6. The summed E-state index contributed by atoms with van der Waals surface area (Å²) in [5.74, 6) is -1.23. The predicted molar refractivity (Wildman–Crippen MR) is 129 cm³/mol. The van der Waals surface area contributed by atoms with Gasteiger partial charge in [-0.2, -0.15) is 0 Å². The van der Waals surface area contributed by atoms with Gasteiger partial charge in [0.15, 0.2) is 0 Å². The van der Waals surface area contributed by atoms with E-state index in [-0.39, 0.29) is 24.8 Å². The molecular formula is C24H18Cl3N3O3. The van der Waals surface area contributed by atoms with Crippen LogP contribution in [0.3, 0.4) is 0 Å². The van der Waals surface area contributed by atoms with E-state index in [0.717, 1.165) is 11.1 Å². The van der Waals surface area contributed by atoms with E-state index in [0.29, 0.717) is 31.9 Å². The van der Waals surface area contributed by atoms with Crippen molar-refractivity contribution in [2.45, 2.75) is 19.0 Å². The molecule has 1 aliphatic heterocycles. The van der Waals surface area contributed by atoms with E-state index in [4.69, 9.17) is 40.5 Å². The van der Waals surface area contributed by atoms with Crippen molar-refractivity contribution in [1.29, 1.82) is 0 Å². The van der Waals surface area contributed by atoms with Crippen molar-refractivity contribution in [2.75, 3.05) is 5.32 Å². The van der Waals surface area contributed by atoms with Crippen molar-refractivity contribution in [2.24, 2.45) is 5.73 Å². The molecule has 1 aliphatic rings. The lowest BCUT2D eigenvalue weighted by Gasteiger charge is -2.29. The van der Waals surface area contributed by atoms with Crippen LogP contribution in [0.4, 0.5) is 5.69 Å². The first-order valence-corrected chi connectivity index (χ1v) is 11.1. The number of fused-ring (bicyclic) bond motifs is 1. The highest BCUT2D eigenvalue weighted by molar-refractivity contribution is 6.42. The van der Waals surface area contributed by atoms with Gasteiger partial charge in [0.25, 0.3) is 5.91 Å². The first-order chi connectivity index (χ1) is 15.7. The molecule has 0 bridgehead atoms. The number of nitrogens with zero attached hydrogens (tertiary/aromatic N) is 1. The summed E-state index contributed by atoms with van der Waals surface area (Å²) in [6.07, 6.45) is 0.218. The molecule has 0 fully saturated rings. The lowest BCUT2D eigenvalue weighted by Crippen LogP contribution is -2.46. The second-order valence-corrected chi connectivity index (χ2v) is 8.89. The Bertz CT molecular complexity index is 1260. The number of benzene rings is 3. The Labute approximate surface area is 205 Å². The van der Waals surface area contributed by atoms with Crippen molar-refractivity contribution in [3.05, 3.63) is 98.0 Å². The van der Waals surface area contributed by atoms with Gasteiger partial charge in [-0.3, -0.25) is 14.4 Å². The van der Waals surface area contributed by atoms with Gasteiger partial charge in [0.2, 0.25) is 11.8 Å². The predicted octanol–water partition coefficient (Wildman–Crippen LogP) is 4.95. The molecule has 0 saturated carbocycles. The van der Waals surface area contributed by atoms with Crippen LogP contribution in [0.2, 0.25) is 15.1 Å². The minimum absolute atomic E-state index is 0.138. The summed E-state index contributed by atoms with van der Waals surface area (Å²) in [5, 5.41) is 3.98. The molecule has 168 valence electrons. The monoisotopic (exact) mass is 501 g/mol. The van der Waals surface area contributed by atoms with Crippen molar-refractivity contribution >= 4 is 58.2 Å². The fraction of sp³-hybridized carbons (Fsp3) is 0.125. The Balaban J connectivity index is 1.73. The highest BCUT2D eigenvalue weighted by Gasteiger charge is 2.35. The maximum Gasteiger partial charge on any atom is 0.256 e. The molecule has 3 amide bonds. The van der Waals surface area contributed by atoms with E-state index >= 15 is 0 Å². The molecular weight excluding hydrogens is 485 g/mol. The molecule has 4 rings (SSSR count).